The van der Waals surface area contributed by atoms with Gasteiger partial charge in [0.25, 0.3) is 15.9 Å². The number of fused-ring (bicyclic) bond motifs is 1. The molecule has 0 atom stereocenters. The molecule has 0 bridgehead atoms. The van der Waals surface area contributed by atoms with Gasteiger partial charge in [-0.3, -0.25) is 15.0 Å². The van der Waals surface area contributed by atoms with E-state index in [0.717, 1.165) is 11.1 Å². The average molecular weight is 389 g/mol. The molecule has 1 aliphatic rings. The van der Waals surface area contributed by atoms with Crippen LogP contribution in [0.5, 0.6) is 5.75 Å². The van der Waals surface area contributed by atoms with Crippen LogP contribution in [0.4, 0.5) is 5.69 Å². The highest BCUT2D eigenvalue weighted by molar-refractivity contribution is 7.89. The molecule has 0 aliphatic carbocycles. The van der Waals surface area contributed by atoms with Crippen LogP contribution in [-0.2, 0) is 26.0 Å². The Morgan fingerprint density at radius 2 is 1.96 bits per heavy atom. The Bertz CT molecular complexity index is 1020. The van der Waals surface area contributed by atoms with E-state index in [2.05, 4.69) is 10.7 Å². The third-order valence-corrected chi connectivity index (χ3v) is 5.28. The Balaban J connectivity index is 1.59. The van der Waals surface area contributed by atoms with Gasteiger partial charge in [0.15, 0.2) is 6.61 Å². The fourth-order valence-corrected chi connectivity index (χ4v) is 3.51. The Morgan fingerprint density at radius 3 is 2.74 bits per heavy atom. The van der Waals surface area contributed by atoms with Crippen molar-refractivity contribution < 1.29 is 22.7 Å². The molecule has 27 heavy (non-hydrogen) atoms. The van der Waals surface area contributed by atoms with Gasteiger partial charge < -0.3 is 10.1 Å². The molecule has 2 amide bonds. The Kier molecular flexibility index (Phi) is 5.15. The van der Waals surface area contributed by atoms with Gasteiger partial charge in [-0.15, -0.1) is 4.83 Å². The summed E-state index contributed by atoms with van der Waals surface area (Å²) in [5.74, 6) is -0.273. The number of amides is 2. The van der Waals surface area contributed by atoms with Gasteiger partial charge in [-0.2, -0.15) is 0 Å². The zero-order valence-corrected chi connectivity index (χ0v) is 15.6. The number of hydrogen-bond acceptors (Lipinski definition) is 5. The number of anilines is 1. The topological polar surface area (TPSA) is 114 Å². The molecular weight excluding hydrogens is 370 g/mol. The van der Waals surface area contributed by atoms with Crippen LogP contribution in [0.3, 0.4) is 0 Å². The lowest BCUT2D eigenvalue weighted by Crippen LogP contribution is -2.43. The number of benzene rings is 2. The zero-order chi connectivity index (χ0) is 19.6. The molecule has 2 aromatic carbocycles. The van der Waals surface area contributed by atoms with Crippen molar-refractivity contribution in [1.29, 1.82) is 0 Å². The quantitative estimate of drug-likeness (QED) is 0.642. The molecule has 3 N–H and O–H groups in total. The minimum absolute atomic E-state index is 0.0477. The summed E-state index contributed by atoms with van der Waals surface area (Å²) >= 11 is 0. The number of hydrazine groups is 1. The van der Waals surface area contributed by atoms with Crippen molar-refractivity contribution in [2.75, 3.05) is 11.9 Å². The van der Waals surface area contributed by atoms with Gasteiger partial charge in [-0.25, -0.2) is 8.42 Å². The van der Waals surface area contributed by atoms with Gasteiger partial charge in [0.05, 0.1) is 11.3 Å². The maximum absolute atomic E-state index is 12.3. The predicted octanol–water partition coefficient (Wildman–Crippen LogP) is 1.19. The number of rotatable bonds is 6. The second-order valence-corrected chi connectivity index (χ2v) is 7.94. The van der Waals surface area contributed by atoms with E-state index in [1.807, 2.05) is 30.8 Å². The third kappa shape index (κ3) is 4.44. The Hall–Kier alpha value is -2.91. The summed E-state index contributed by atoms with van der Waals surface area (Å²) in [6.45, 7) is 3.42. The molecule has 0 saturated carbocycles. The molecule has 0 fully saturated rings. The highest BCUT2D eigenvalue weighted by Crippen LogP contribution is 2.25. The first-order chi connectivity index (χ1) is 12.7. The molecule has 0 saturated heterocycles. The first-order valence-electron chi connectivity index (χ1n) is 8.18. The van der Waals surface area contributed by atoms with Gasteiger partial charge in [0.1, 0.15) is 5.75 Å². The van der Waals surface area contributed by atoms with Crippen LogP contribution < -0.4 is 20.3 Å². The van der Waals surface area contributed by atoms with E-state index in [0.29, 0.717) is 17.0 Å². The van der Waals surface area contributed by atoms with Crippen molar-refractivity contribution in [3.05, 3.63) is 53.1 Å². The van der Waals surface area contributed by atoms with E-state index in [4.69, 9.17) is 4.74 Å². The van der Waals surface area contributed by atoms with Crippen molar-refractivity contribution in [2.24, 2.45) is 0 Å². The fourth-order valence-electron chi connectivity index (χ4n) is 2.60. The molecule has 0 radical (unpaired) electrons. The van der Waals surface area contributed by atoms with Crippen molar-refractivity contribution in [3.63, 3.8) is 0 Å². The molecule has 3 rings (SSSR count). The van der Waals surface area contributed by atoms with Crippen molar-refractivity contribution >= 4 is 27.5 Å². The predicted molar refractivity (Wildman–Crippen MR) is 98.7 cm³/mol. The summed E-state index contributed by atoms with van der Waals surface area (Å²) in [5.41, 5.74) is 5.15. The first kappa shape index (κ1) is 18.9. The standard InChI is InChI=1S/C18H19N3O5S/c1-11-3-4-12(2)16(7-11)26-10-18(23)20-21-27(24,25)14-5-6-15-13(8-14)9-17(22)19-15/h3-8,21H,9-10H2,1-2H3,(H,19,22)(H,20,23). The molecule has 0 aromatic heterocycles. The summed E-state index contributed by atoms with van der Waals surface area (Å²) in [5, 5.41) is 2.63. The number of hydrogen-bond donors (Lipinski definition) is 3. The first-order valence-corrected chi connectivity index (χ1v) is 9.66. The van der Waals surface area contributed by atoms with Crippen LogP contribution in [0.25, 0.3) is 0 Å². The van der Waals surface area contributed by atoms with Crippen LogP contribution in [0.2, 0.25) is 0 Å². The Labute approximate surface area is 156 Å². The van der Waals surface area contributed by atoms with Crippen molar-refractivity contribution in [3.8, 4) is 5.75 Å². The van der Waals surface area contributed by atoms with E-state index < -0.39 is 15.9 Å². The third-order valence-electron chi connectivity index (χ3n) is 4.04. The molecule has 142 valence electrons. The fraction of sp³-hybridized carbons (Fsp3) is 0.222. The summed E-state index contributed by atoms with van der Waals surface area (Å²) in [7, 11) is -3.97. The van der Waals surface area contributed by atoms with Gasteiger partial charge in [0, 0.05) is 5.69 Å². The maximum atomic E-state index is 12.3. The van der Waals surface area contributed by atoms with E-state index in [1.54, 1.807) is 6.07 Å². The van der Waals surface area contributed by atoms with E-state index in [1.165, 1.54) is 18.2 Å². The zero-order valence-electron chi connectivity index (χ0n) is 14.8. The van der Waals surface area contributed by atoms with Crippen LogP contribution >= 0.6 is 0 Å². The lowest BCUT2D eigenvalue weighted by Gasteiger charge is -2.11. The molecular formula is C18H19N3O5S. The normalized spacial score (nSPS) is 13.0. The average Bonchev–Trinajstić information content (AvgIpc) is 3.00. The lowest BCUT2D eigenvalue weighted by molar-refractivity contribution is -0.123. The highest BCUT2D eigenvalue weighted by Gasteiger charge is 2.22. The number of carbonyl (C=O) groups excluding carboxylic acids is 2. The summed E-state index contributed by atoms with van der Waals surface area (Å²) < 4.78 is 30.1. The second-order valence-electron chi connectivity index (χ2n) is 6.26. The van der Waals surface area contributed by atoms with Gasteiger partial charge in [0.2, 0.25) is 5.91 Å². The lowest BCUT2D eigenvalue weighted by atomic mass is 10.1. The number of nitrogens with one attached hydrogen (secondary N) is 3. The van der Waals surface area contributed by atoms with E-state index in [-0.39, 0.29) is 23.8 Å². The molecule has 1 heterocycles. The second kappa shape index (κ2) is 7.37. The smallest absolute Gasteiger partial charge is 0.272 e. The summed E-state index contributed by atoms with van der Waals surface area (Å²) in [4.78, 5) is 25.2. The summed E-state index contributed by atoms with van der Waals surface area (Å²) in [6.07, 6.45) is 0.120. The molecule has 0 unspecified atom stereocenters. The minimum atomic E-state index is -3.97. The highest BCUT2D eigenvalue weighted by atomic mass is 32.2. The number of sulfonamides is 1. The number of aryl methyl sites for hydroxylation is 2. The van der Waals surface area contributed by atoms with E-state index >= 15 is 0 Å². The molecule has 1 aliphatic heterocycles. The number of ether oxygens (including phenoxy) is 1. The largest absolute Gasteiger partial charge is 0.483 e. The monoisotopic (exact) mass is 389 g/mol. The van der Waals surface area contributed by atoms with Crippen LogP contribution in [0, 0.1) is 13.8 Å². The van der Waals surface area contributed by atoms with Gasteiger partial charge >= 0.3 is 0 Å². The maximum Gasteiger partial charge on any atom is 0.272 e. The van der Waals surface area contributed by atoms with Gasteiger partial charge in [-0.05, 0) is 54.8 Å². The van der Waals surface area contributed by atoms with Crippen molar-refractivity contribution in [2.45, 2.75) is 25.2 Å². The molecule has 2 aromatic rings. The molecule has 0 spiro atoms. The Morgan fingerprint density at radius 1 is 1.19 bits per heavy atom. The number of carbonyl (C=O) groups is 2. The van der Waals surface area contributed by atoms with Gasteiger partial charge in [-0.1, -0.05) is 12.1 Å². The van der Waals surface area contributed by atoms with E-state index in [9.17, 15) is 18.0 Å². The van der Waals surface area contributed by atoms with Crippen LogP contribution in [0.15, 0.2) is 41.3 Å². The molecule has 9 heteroatoms. The van der Waals surface area contributed by atoms with Crippen molar-refractivity contribution in [1.82, 2.24) is 10.3 Å². The SMILES string of the molecule is Cc1ccc(C)c(OCC(=O)NNS(=O)(=O)c2ccc3c(c2)CC(=O)N3)c1. The summed E-state index contributed by atoms with van der Waals surface area (Å²) in [6, 6.07) is 9.86. The van der Waals surface area contributed by atoms with Crippen LogP contribution in [-0.4, -0.2) is 26.8 Å². The van der Waals surface area contributed by atoms with Crippen LogP contribution in [0.1, 0.15) is 16.7 Å². The molecule has 8 nitrogen and oxygen atoms in total. The minimum Gasteiger partial charge on any atom is -0.483 e.